The topological polar surface area (TPSA) is 46.6 Å². The molecule has 0 bridgehead atoms. The monoisotopic (exact) mass is 337 g/mol. The number of hydrogen-bond donors (Lipinski definition) is 0. The Kier molecular flexibility index (Phi) is 4.11. The third-order valence-corrected chi connectivity index (χ3v) is 8.00. The van der Waals surface area contributed by atoms with E-state index >= 15 is 0 Å². The van der Waals surface area contributed by atoms with Gasteiger partial charge in [-0.1, -0.05) is 25.7 Å². The molecule has 0 radical (unpaired) electrons. The Morgan fingerprint density at radius 3 is 2.83 bits per heavy atom. The second-order valence-electron chi connectivity index (χ2n) is 7.94. The van der Waals surface area contributed by atoms with Gasteiger partial charge in [-0.2, -0.15) is 0 Å². The number of fused-ring (bicyclic) bond motifs is 2. The van der Waals surface area contributed by atoms with Gasteiger partial charge in [0.15, 0.2) is 0 Å². The minimum absolute atomic E-state index is 0.0800. The third kappa shape index (κ3) is 2.79. The molecular weight excluding hydrogens is 310 g/mol. The van der Waals surface area contributed by atoms with Crippen LogP contribution in [0.25, 0.3) is 0 Å². The fraction of sp³-hybridized carbons (Fsp3) is 0.889. The van der Waals surface area contributed by atoms with Crippen LogP contribution in [0.5, 0.6) is 0 Å². The first-order valence-corrected chi connectivity index (χ1v) is 10.2. The molecule has 0 aromatic heterocycles. The van der Waals surface area contributed by atoms with Gasteiger partial charge in [-0.3, -0.25) is 4.79 Å². The summed E-state index contributed by atoms with van der Waals surface area (Å²) in [5.74, 6) is 2.28. The molecule has 2 saturated heterocycles. The number of amides is 1. The first-order chi connectivity index (χ1) is 11.1. The highest BCUT2D eigenvalue weighted by Crippen LogP contribution is 2.48. The highest BCUT2D eigenvalue weighted by atomic mass is 32.2. The van der Waals surface area contributed by atoms with Crippen molar-refractivity contribution in [2.75, 3.05) is 5.75 Å². The highest BCUT2D eigenvalue weighted by Gasteiger charge is 2.53. The minimum Gasteiger partial charge on any atom is -0.461 e. The van der Waals surface area contributed by atoms with Gasteiger partial charge < -0.3 is 9.64 Å². The van der Waals surface area contributed by atoms with Crippen molar-refractivity contribution in [1.29, 1.82) is 0 Å². The van der Waals surface area contributed by atoms with E-state index in [0.29, 0.717) is 12.2 Å². The molecule has 1 amide bonds. The standard InChI is InChI=1S/C18H27NO3S/c1-18-9-8-16(20)19(18)15(11-23-18)17(21)22-14-7-6-12-4-2-3-5-13(12)10-14/h12-15H,2-11H2,1H3/t12-,13+,14+,15-,18-/m0/s1. The van der Waals surface area contributed by atoms with Gasteiger partial charge in [-0.15, -0.1) is 11.8 Å². The molecule has 2 saturated carbocycles. The number of rotatable bonds is 2. The summed E-state index contributed by atoms with van der Waals surface area (Å²) < 4.78 is 5.88. The van der Waals surface area contributed by atoms with E-state index in [1.54, 1.807) is 11.8 Å². The lowest BCUT2D eigenvalue weighted by Crippen LogP contribution is -2.47. The molecule has 2 aliphatic carbocycles. The van der Waals surface area contributed by atoms with Gasteiger partial charge in [0.2, 0.25) is 5.91 Å². The van der Waals surface area contributed by atoms with Crippen molar-refractivity contribution < 1.29 is 14.3 Å². The maximum atomic E-state index is 12.7. The number of thioether (sulfide) groups is 1. The summed E-state index contributed by atoms with van der Waals surface area (Å²) >= 11 is 1.74. The Balaban J connectivity index is 1.38. The average molecular weight is 337 g/mol. The van der Waals surface area contributed by atoms with E-state index in [9.17, 15) is 9.59 Å². The quantitative estimate of drug-likeness (QED) is 0.725. The van der Waals surface area contributed by atoms with Crippen molar-refractivity contribution in [2.24, 2.45) is 11.8 Å². The third-order valence-electron chi connectivity index (χ3n) is 6.49. The van der Waals surface area contributed by atoms with Gasteiger partial charge in [-0.05, 0) is 44.4 Å². The molecule has 5 heteroatoms. The van der Waals surface area contributed by atoms with E-state index < -0.39 is 0 Å². The number of hydrogen-bond acceptors (Lipinski definition) is 4. The van der Waals surface area contributed by atoms with E-state index in [0.717, 1.165) is 31.1 Å². The zero-order chi connectivity index (χ0) is 16.0. The molecule has 0 unspecified atom stereocenters. The van der Waals surface area contributed by atoms with E-state index in [1.165, 1.54) is 32.1 Å². The number of nitrogens with zero attached hydrogens (tertiary/aromatic N) is 1. The number of carbonyl (C=O) groups excluding carboxylic acids is 2. The lowest BCUT2D eigenvalue weighted by Gasteiger charge is -2.39. The molecule has 0 aromatic rings. The van der Waals surface area contributed by atoms with Crippen LogP contribution in [0.1, 0.15) is 64.7 Å². The second-order valence-corrected chi connectivity index (χ2v) is 9.44. The van der Waals surface area contributed by atoms with Crippen LogP contribution in [0, 0.1) is 11.8 Å². The van der Waals surface area contributed by atoms with Crippen LogP contribution in [0.15, 0.2) is 0 Å². The minimum atomic E-state index is -0.357. The maximum Gasteiger partial charge on any atom is 0.330 e. The lowest BCUT2D eigenvalue weighted by molar-refractivity contribution is -0.161. The van der Waals surface area contributed by atoms with Crippen molar-refractivity contribution in [3.05, 3.63) is 0 Å². The Bertz CT molecular complexity index is 510. The summed E-state index contributed by atoms with van der Waals surface area (Å²) in [6.45, 7) is 2.09. The average Bonchev–Trinajstić information content (AvgIpc) is 3.04. The first kappa shape index (κ1) is 15.8. The van der Waals surface area contributed by atoms with Gasteiger partial charge in [0.25, 0.3) is 0 Å². The van der Waals surface area contributed by atoms with Gasteiger partial charge in [0.1, 0.15) is 12.1 Å². The van der Waals surface area contributed by atoms with Crippen molar-refractivity contribution in [3.8, 4) is 0 Å². The molecule has 23 heavy (non-hydrogen) atoms. The first-order valence-electron chi connectivity index (χ1n) is 9.23. The zero-order valence-corrected chi connectivity index (χ0v) is 14.8. The van der Waals surface area contributed by atoms with Gasteiger partial charge >= 0.3 is 5.97 Å². The summed E-state index contributed by atoms with van der Waals surface area (Å²) in [6, 6.07) is -0.357. The zero-order valence-electron chi connectivity index (χ0n) is 14.0. The highest BCUT2D eigenvalue weighted by molar-refractivity contribution is 8.01. The number of esters is 1. The molecule has 2 heterocycles. The smallest absolute Gasteiger partial charge is 0.330 e. The summed E-state index contributed by atoms with van der Waals surface area (Å²) in [7, 11) is 0. The SMILES string of the molecule is C[C@]12CCC(=O)N1[C@H](C(=O)O[C@@H]1CC[C@@H]3CCCC[C@@H]3C1)CS2. The second kappa shape index (κ2) is 5.98. The predicted molar refractivity (Wildman–Crippen MR) is 89.9 cm³/mol. The van der Waals surface area contributed by atoms with E-state index in [4.69, 9.17) is 4.74 Å². The molecule has 128 valence electrons. The van der Waals surface area contributed by atoms with Crippen molar-refractivity contribution >= 4 is 23.6 Å². The summed E-state index contributed by atoms with van der Waals surface area (Å²) in [4.78, 5) is 26.5. The number of ether oxygens (including phenoxy) is 1. The predicted octanol–water partition coefficient (Wildman–Crippen LogP) is 3.34. The molecule has 4 nitrogen and oxygen atoms in total. The molecular formula is C18H27NO3S. The normalized spacial score (nSPS) is 43.2. The summed E-state index contributed by atoms with van der Waals surface area (Å²) in [6.07, 6.45) is 10.2. The fourth-order valence-electron chi connectivity index (χ4n) is 5.18. The molecule has 4 rings (SSSR count). The molecule has 2 aliphatic heterocycles. The largest absolute Gasteiger partial charge is 0.461 e. The lowest BCUT2D eigenvalue weighted by atomic mass is 9.70. The van der Waals surface area contributed by atoms with Crippen LogP contribution >= 0.6 is 11.8 Å². The molecule has 5 atom stereocenters. The van der Waals surface area contributed by atoms with Gasteiger partial charge in [0.05, 0.1) is 4.87 Å². The van der Waals surface area contributed by atoms with Crippen molar-refractivity contribution in [1.82, 2.24) is 4.90 Å². The van der Waals surface area contributed by atoms with Crippen LogP contribution in [0.3, 0.4) is 0 Å². The Morgan fingerprint density at radius 2 is 2.00 bits per heavy atom. The van der Waals surface area contributed by atoms with Crippen LogP contribution < -0.4 is 0 Å². The molecule has 0 N–H and O–H groups in total. The van der Waals surface area contributed by atoms with E-state index in [-0.39, 0.29) is 28.9 Å². The van der Waals surface area contributed by atoms with Crippen LogP contribution in [0.4, 0.5) is 0 Å². The molecule has 4 aliphatic rings. The summed E-state index contributed by atoms with van der Waals surface area (Å²) in [5, 5.41) is 0. The summed E-state index contributed by atoms with van der Waals surface area (Å²) in [5.41, 5.74) is 0. The van der Waals surface area contributed by atoms with Gasteiger partial charge in [-0.25, -0.2) is 4.79 Å². The van der Waals surface area contributed by atoms with Crippen LogP contribution in [-0.4, -0.2) is 39.5 Å². The van der Waals surface area contributed by atoms with Crippen molar-refractivity contribution in [3.63, 3.8) is 0 Å². The fourth-order valence-corrected chi connectivity index (χ4v) is 6.59. The van der Waals surface area contributed by atoms with Crippen molar-refractivity contribution in [2.45, 2.75) is 81.7 Å². The Morgan fingerprint density at radius 1 is 1.22 bits per heavy atom. The number of carbonyl (C=O) groups is 2. The van der Waals surface area contributed by atoms with Crippen LogP contribution in [0.2, 0.25) is 0 Å². The Hall–Kier alpha value is -0.710. The molecule has 0 aromatic carbocycles. The maximum absolute atomic E-state index is 12.7. The Labute approximate surface area is 142 Å². The molecule has 0 spiro atoms. The van der Waals surface area contributed by atoms with E-state index in [1.807, 2.05) is 4.90 Å². The van der Waals surface area contributed by atoms with Crippen LogP contribution in [-0.2, 0) is 14.3 Å². The molecule has 4 fully saturated rings. The van der Waals surface area contributed by atoms with Gasteiger partial charge in [0, 0.05) is 12.2 Å². The van der Waals surface area contributed by atoms with E-state index in [2.05, 4.69) is 6.92 Å².